The molecule has 0 bridgehead atoms. The van der Waals surface area contributed by atoms with Crippen LogP contribution in [0.3, 0.4) is 0 Å². The normalized spacial score (nSPS) is 21.4. The number of rotatable bonds is 2. The van der Waals surface area contributed by atoms with Gasteiger partial charge < -0.3 is 4.90 Å². The number of benzene rings is 1. The van der Waals surface area contributed by atoms with E-state index in [-0.39, 0.29) is 5.41 Å². The highest BCUT2D eigenvalue weighted by molar-refractivity contribution is 7.89. The maximum atomic E-state index is 11.3. The van der Waals surface area contributed by atoms with E-state index in [2.05, 4.69) is 4.40 Å². The molecule has 1 aliphatic heterocycles. The van der Waals surface area contributed by atoms with E-state index in [0.717, 1.165) is 18.5 Å². The van der Waals surface area contributed by atoms with Crippen molar-refractivity contribution in [2.75, 3.05) is 17.7 Å². The molecule has 0 radical (unpaired) electrons. The summed E-state index contributed by atoms with van der Waals surface area (Å²) in [5.41, 5.74) is 0.799. The van der Waals surface area contributed by atoms with Crippen molar-refractivity contribution in [1.29, 1.82) is 0 Å². The van der Waals surface area contributed by atoms with Gasteiger partial charge in [0.05, 0.1) is 6.26 Å². The smallest absolute Gasteiger partial charge is 0.251 e. The molecule has 0 amide bonds. The Morgan fingerprint density at radius 3 is 2.29 bits per heavy atom. The molecule has 1 fully saturated rings. The summed E-state index contributed by atoms with van der Waals surface area (Å²) in [5.74, 6) is 0.617. The van der Waals surface area contributed by atoms with Gasteiger partial charge in [0.1, 0.15) is 5.84 Å². The van der Waals surface area contributed by atoms with E-state index in [1.54, 1.807) is 0 Å². The lowest BCUT2D eigenvalue weighted by Gasteiger charge is -2.48. The Morgan fingerprint density at radius 1 is 1.24 bits per heavy atom. The number of nitrogens with zero attached hydrogens (tertiary/aromatic N) is 2. The molecule has 0 N–H and O–H groups in total. The molecule has 0 saturated carbocycles. The van der Waals surface area contributed by atoms with E-state index < -0.39 is 10.0 Å². The maximum Gasteiger partial charge on any atom is 0.251 e. The highest BCUT2D eigenvalue weighted by atomic mass is 32.2. The van der Waals surface area contributed by atoms with Gasteiger partial charge in [0, 0.05) is 17.6 Å². The first-order valence-electron chi connectivity index (χ1n) is 5.43. The van der Waals surface area contributed by atoms with E-state index in [1.165, 1.54) is 0 Å². The van der Waals surface area contributed by atoms with Crippen LogP contribution in [0.25, 0.3) is 0 Å². The monoisotopic (exact) mass is 252 g/mol. The van der Waals surface area contributed by atoms with Crippen LogP contribution in [0.4, 0.5) is 5.69 Å². The Morgan fingerprint density at radius 2 is 1.82 bits per heavy atom. The molecule has 1 saturated heterocycles. The summed E-state index contributed by atoms with van der Waals surface area (Å²) in [7, 11) is -3.35. The highest BCUT2D eigenvalue weighted by Crippen LogP contribution is 2.36. The fraction of sp³-hybridized carbons (Fsp3) is 0.417. The van der Waals surface area contributed by atoms with Crippen molar-refractivity contribution in [2.24, 2.45) is 9.81 Å². The molecule has 0 aliphatic carbocycles. The van der Waals surface area contributed by atoms with Gasteiger partial charge in [0.25, 0.3) is 10.0 Å². The average Bonchev–Trinajstić information content (AvgIpc) is 2.23. The second-order valence-corrected chi connectivity index (χ2v) is 6.60. The number of sulfonamides is 1. The van der Waals surface area contributed by atoms with Crippen molar-refractivity contribution in [3.63, 3.8) is 0 Å². The molecule has 1 aromatic rings. The Bertz CT molecular complexity index is 547. The van der Waals surface area contributed by atoms with Gasteiger partial charge in [-0.1, -0.05) is 32.0 Å². The number of para-hydroxylation sites is 1. The predicted octanol–water partition coefficient (Wildman–Crippen LogP) is 1.89. The fourth-order valence-corrected chi connectivity index (χ4v) is 2.63. The summed E-state index contributed by atoms with van der Waals surface area (Å²) < 4.78 is 26.4. The fourth-order valence-electron chi connectivity index (χ4n) is 1.97. The lowest BCUT2D eigenvalue weighted by Crippen LogP contribution is -2.59. The first kappa shape index (κ1) is 12.1. The minimum absolute atomic E-state index is 0.182. The third kappa shape index (κ3) is 2.49. The highest BCUT2D eigenvalue weighted by Gasteiger charge is 2.43. The Balaban J connectivity index is 2.38. The number of hydrogen-bond donors (Lipinski definition) is 0. The molecule has 0 spiro atoms. The lowest BCUT2D eigenvalue weighted by atomic mass is 9.82. The first-order chi connectivity index (χ1) is 7.80. The number of amidine groups is 1. The summed E-state index contributed by atoms with van der Waals surface area (Å²) >= 11 is 0. The van der Waals surface area contributed by atoms with Gasteiger partial charge in [-0.25, -0.2) is 8.42 Å². The van der Waals surface area contributed by atoms with Crippen molar-refractivity contribution in [2.45, 2.75) is 13.8 Å². The minimum atomic E-state index is -3.35. The number of anilines is 1. The molecule has 0 aromatic heterocycles. The minimum Gasteiger partial charge on any atom is -0.328 e. The van der Waals surface area contributed by atoms with Crippen LogP contribution in [0.1, 0.15) is 13.8 Å². The summed E-state index contributed by atoms with van der Waals surface area (Å²) in [5, 5.41) is 0. The zero-order valence-electron chi connectivity index (χ0n) is 10.2. The van der Waals surface area contributed by atoms with Crippen LogP contribution in [-0.4, -0.2) is 27.1 Å². The van der Waals surface area contributed by atoms with Crippen LogP contribution >= 0.6 is 0 Å². The second-order valence-electron chi connectivity index (χ2n) is 4.95. The van der Waals surface area contributed by atoms with Crippen molar-refractivity contribution in [1.82, 2.24) is 0 Å². The summed E-state index contributed by atoms with van der Waals surface area (Å²) in [4.78, 5) is 1.93. The molecule has 92 valence electrons. The van der Waals surface area contributed by atoms with E-state index in [0.29, 0.717) is 5.84 Å². The van der Waals surface area contributed by atoms with Gasteiger partial charge >= 0.3 is 0 Å². The van der Waals surface area contributed by atoms with Crippen molar-refractivity contribution in [3.05, 3.63) is 30.3 Å². The van der Waals surface area contributed by atoms with Crippen molar-refractivity contribution in [3.8, 4) is 0 Å². The molecule has 4 nitrogen and oxygen atoms in total. The van der Waals surface area contributed by atoms with Crippen LogP contribution in [0.2, 0.25) is 0 Å². The molecule has 0 unspecified atom stereocenters. The molecule has 5 heteroatoms. The summed E-state index contributed by atoms with van der Waals surface area (Å²) in [6, 6.07) is 9.69. The molecule has 17 heavy (non-hydrogen) atoms. The van der Waals surface area contributed by atoms with Crippen LogP contribution < -0.4 is 4.90 Å². The van der Waals surface area contributed by atoms with E-state index >= 15 is 0 Å². The second kappa shape index (κ2) is 3.84. The first-order valence-corrected chi connectivity index (χ1v) is 7.27. The average molecular weight is 252 g/mol. The topological polar surface area (TPSA) is 49.7 Å². The SMILES string of the molecule is CC1(C)CN(c2ccccc2)/C1=N/S(C)(=O)=O. The number of hydrogen-bond acceptors (Lipinski definition) is 2. The maximum absolute atomic E-state index is 11.3. The van der Waals surface area contributed by atoms with Gasteiger partial charge in [0.15, 0.2) is 0 Å². The van der Waals surface area contributed by atoms with E-state index in [9.17, 15) is 8.42 Å². The van der Waals surface area contributed by atoms with Gasteiger partial charge in [-0.2, -0.15) is 0 Å². The van der Waals surface area contributed by atoms with E-state index in [4.69, 9.17) is 0 Å². The Labute approximate surface area is 102 Å². The zero-order chi connectivity index (χ0) is 12.7. The molecule has 2 rings (SSSR count). The van der Waals surface area contributed by atoms with Crippen LogP contribution in [0.15, 0.2) is 34.7 Å². The predicted molar refractivity (Wildman–Crippen MR) is 69.8 cm³/mol. The molecule has 0 atom stereocenters. The van der Waals surface area contributed by atoms with Gasteiger partial charge in [-0.3, -0.25) is 0 Å². The largest absolute Gasteiger partial charge is 0.328 e. The van der Waals surface area contributed by atoms with E-state index in [1.807, 2.05) is 49.1 Å². The third-order valence-corrected chi connectivity index (χ3v) is 3.24. The molecule has 1 heterocycles. The summed E-state index contributed by atoms with van der Waals surface area (Å²) in [6.45, 7) is 4.78. The summed E-state index contributed by atoms with van der Waals surface area (Å²) in [6.07, 6.45) is 1.12. The lowest BCUT2D eigenvalue weighted by molar-refractivity contribution is 0.458. The Hall–Kier alpha value is -1.36. The quantitative estimate of drug-likeness (QED) is 0.807. The van der Waals surface area contributed by atoms with Crippen molar-refractivity contribution < 1.29 is 8.42 Å². The molecule has 1 aromatic carbocycles. The van der Waals surface area contributed by atoms with Crippen LogP contribution in [0.5, 0.6) is 0 Å². The third-order valence-electron chi connectivity index (χ3n) is 2.73. The zero-order valence-corrected chi connectivity index (χ0v) is 11.0. The standard InChI is InChI=1S/C12H16N2O2S/c1-12(2)9-14(10-7-5-4-6-8-10)11(12)13-17(3,15)16/h4-8H,9H2,1-3H3/b13-11+. The molecular weight excluding hydrogens is 236 g/mol. The van der Waals surface area contributed by atoms with Crippen LogP contribution in [0, 0.1) is 5.41 Å². The van der Waals surface area contributed by atoms with Gasteiger partial charge in [-0.05, 0) is 12.1 Å². The van der Waals surface area contributed by atoms with Gasteiger partial charge in [-0.15, -0.1) is 4.40 Å². The van der Waals surface area contributed by atoms with Crippen LogP contribution in [-0.2, 0) is 10.0 Å². The van der Waals surface area contributed by atoms with Gasteiger partial charge in [0.2, 0.25) is 0 Å². The Kier molecular flexibility index (Phi) is 2.73. The molecular formula is C12H16N2O2S. The molecule has 1 aliphatic rings. The van der Waals surface area contributed by atoms with Crippen molar-refractivity contribution >= 4 is 21.5 Å².